The molecule has 4 heteroatoms. The van der Waals surface area contributed by atoms with Gasteiger partial charge in [-0.15, -0.1) is 0 Å². The van der Waals surface area contributed by atoms with Gasteiger partial charge in [-0.1, -0.05) is 40.2 Å². The molecule has 0 fully saturated rings. The van der Waals surface area contributed by atoms with Gasteiger partial charge in [-0.3, -0.25) is 4.79 Å². The Kier molecular flexibility index (Phi) is 5.40. The number of carbonyl (C=O) groups is 1. The molecule has 16 heavy (non-hydrogen) atoms. The maximum atomic E-state index is 10.9. The first-order valence-electron chi connectivity index (χ1n) is 4.85. The Bertz CT molecular complexity index is 431. The van der Waals surface area contributed by atoms with Gasteiger partial charge in [0.15, 0.2) is 0 Å². The number of nitrogens with zero attached hydrogens (tertiary/aromatic N) is 2. The number of hydrogen-bond acceptors (Lipinski definition) is 1. The van der Waals surface area contributed by atoms with E-state index in [1.54, 1.807) is 0 Å². The summed E-state index contributed by atoms with van der Waals surface area (Å²) in [5.74, 6) is -0.178. The number of allylic oxidation sites excluding steroid dienone is 1. The van der Waals surface area contributed by atoms with Gasteiger partial charge in [-0.2, -0.15) is 4.79 Å². The number of ketones is 1. The minimum absolute atomic E-state index is 0.178. The van der Waals surface area contributed by atoms with Crippen LogP contribution in [0.5, 0.6) is 0 Å². The van der Waals surface area contributed by atoms with Gasteiger partial charge in [-0.25, -0.2) is 0 Å². The Balaban J connectivity index is 2.40. The summed E-state index contributed by atoms with van der Waals surface area (Å²) in [5, 5.41) is 0. The van der Waals surface area contributed by atoms with Crippen LogP contribution in [0.3, 0.4) is 0 Å². The van der Waals surface area contributed by atoms with Crippen molar-refractivity contribution in [2.24, 2.45) is 0 Å². The Morgan fingerprint density at radius 2 is 2.06 bits per heavy atom. The monoisotopic (exact) mass is 278 g/mol. The third-order valence-electron chi connectivity index (χ3n) is 1.94. The van der Waals surface area contributed by atoms with Crippen molar-refractivity contribution in [1.29, 1.82) is 0 Å². The standard InChI is InChI=1S/C12H11BrN2O/c13-11-7-5-10(6-8-11)3-1-2-4-12(16)9-15-14/h1,3,5-9H,2,4H2/b3-1+. The van der Waals surface area contributed by atoms with Crippen LogP contribution in [0.2, 0.25) is 0 Å². The molecule has 0 atom stereocenters. The van der Waals surface area contributed by atoms with Crippen molar-refractivity contribution in [3.05, 3.63) is 45.9 Å². The Morgan fingerprint density at radius 1 is 1.38 bits per heavy atom. The van der Waals surface area contributed by atoms with E-state index in [0.717, 1.165) is 16.3 Å². The number of halogens is 1. The maximum absolute atomic E-state index is 10.9. The van der Waals surface area contributed by atoms with Gasteiger partial charge >= 0.3 is 6.21 Å². The Morgan fingerprint density at radius 3 is 2.69 bits per heavy atom. The molecule has 0 amide bonds. The lowest BCUT2D eigenvalue weighted by Gasteiger charge is -1.93. The minimum Gasteiger partial charge on any atom is -0.361 e. The zero-order valence-electron chi connectivity index (χ0n) is 8.64. The smallest absolute Gasteiger partial charge is 0.323 e. The van der Waals surface area contributed by atoms with Crippen LogP contribution in [-0.4, -0.2) is 16.8 Å². The zero-order valence-corrected chi connectivity index (χ0v) is 10.2. The van der Waals surface area contributed by atoms with E-state index in [1.165, 1.54) is 0 Å². The molecule has 0 aliphatic rings. The second-order valence-electron chi connectivity index (χ2n) is 3.20. The maximum Gasteiger partial charge on any atom is 0.323 e. The first-order valence-corrected chi connectivity index (χ1v) is 5.64. The van der Waals surface area contributed by atoms with Crippen molar-refractivity contribution in [3.63, 3.8) is 0 Å². The predicted molar refractivity (Wildman–Crippen MR) is 67.1 cm³/mol. The van der Waals surface area contributed by atoms with Crippen LogP contribution in [0.15, 0.2) is 34.8 Å². The third-order valence-corrected chi connectivity index (χ3v) is 2.47. The lowest BCUT2D eigenvalue weighted by molar-refractivity contribution is -0.116. The molecule has 0 bridgehead atoms. The zero-order chi connectivity index (χ0) is 11.8. The summed E-state index contributed by atoms with van der Waals surface area (Å²) >= 11 is 3.36. The highest BCUT2D eigenvalue weighted by Crippen LogP contribution is 2.11. The number of rotatable bonds is 5. The fourth-order valence-corrected chi connectivity index (χ4v) is 1.41. The highest BCUT2D eigenvalue weighted by Gasteiger charge is 1.99. The molecule has 0 N–H and O–H groups in total. The molecular weight excluding hydrogens is 268 g/mol. The van der Waals surface area contributed by atoms with Gasteiger partial charge in [0, 0.05) is 10.9 Å². The van der Waals surface area contributed by atoms with Gasteiger partial charge in [-0.05, 0) is 24.1 Å². The lowest BCUT2D eigenvalue weighted by Crippen LogP contribution is -1.97. The van der Waals surface area contributed by atoms with Crippen LogP contribution in [0.25, 0.3) is 11.6 Å². The summed E-state index contributed by atoms with van der Waals surface area (Å²) in [6.45, 7) is 0. The summed E-state index contributed by atoms with van der Waals surface area (Å²) in [5.41, 5.74) is 9.21. The lowest BCUT2D eigenvalue weighted by atomic mass is 10.1. The van der Waals surface area contributed by atoms with E-state index in [9.17, 15) is 4.79 Å². The number of hydrogen-bond donors (Lipinski definition) is 0. The molecule has 0 spiro atoms. The molecule has 0 unspecified atom stereocenters. The molecule has 1 rings (SSSR count). The molecule has 0 aliphatic carbocycles. The van der Waals surface area contributed by atoms with Crippen LogP contribution >= 0.6 is 15.9 Å². The summed E-state index contributed by atoms with van der Waals surface area (Å²) in [7, 11) is 0. The first-order chi connectivity index (χ1) is 7.72. The van der Waals surface area contributed by atoms with E-state index in [0.29, 0.717) is 12.8 Å². The summed E-state index contributed by atoms with van der Waals surface area (Å²) in [4.78, 5) is 13.6. The third kappa shape index (κ3) is 4.82. The first kappa shape index (κ1) is 12.6. The number of carbonyl (C=O) groups excluding carboxylic acids is 1. The van der Waals surface area contributed by atoms with Crippen molar-refractivity contribution >= 4 is 34.0 Å². The molecule has 0 aromatic heterocycles. The van der Waals surface area contributed by atoms with Crippen LogP contribution < -0.4 is 0 Å². The van der Waals surface area contributed by atoms with Gasteiger partial charge in [0.2, 0.25) is 5.78 Å². The normalized spacial score (nSPS) is 10.1. The van der Waals surface area contributed by atoms with Gasteiger partial charge < -0.3 is 5.53 Å². The number of benzene rings is 1. The molecule has 82 valence electrons. The molecule has 0 heterocycles. The number of Topliss-reactive ketones (excluding diaryl/α,β-unsaturated/α-hetero) is 1. The SMILES string of the molecule is [N-]=[N+]=CC(=O)CC/C=C/c1ccc(Br)cc1. The second kappa shape index (κ2) is 6.88. The largest absolute Gasteiger partial charge is 0.361 e. The molecular formula is C12H11BrN2O. The molecule has 0 aliphatic heterocycles. The average Bonchev–Trinajstić information content (AvgIpc) is 2.27. The quantitative estimate of drug-likeness (QED) is 0.464. The van der Waals surface area contributed by atoms with Crippen molar-refractivity contribution < 1.29 is 9.58 Å². The molecule has 0 radical (unpaired) electrons. The average molecular weight is 279 g/mol. The highest BCUT2D eigenvalue weighted by molar-refractivity contribution is 9.10. The Labute approximate surface area is 103 Å². The second-order valence-corrected chi connectivity index (χ2v) is 4.12. The van der Waals surface area contributed by atoms with E-state index in [1.807, 2.05) is 36.4 Å². The molecule has 0 saturated heterocycles. The van der Waals surface area contributed by atoms with E-state index in [2.05, 4.69) is 20.7 Å². The predicted octanol–water partition coefficient (Wildman–Crippen LogP) is 3.11. The van der Waals surface area contributed by atoms with E-state index in [-0.39, 0.29) is 5.78 Å². The Hall–Kier alpha value is -1.51. The minimum atomic E-state index is -0.178. The van der Waals surface area contributed by atoms with Crippen LogP contribution in [0.1, 0.15) is 18.4 Å². The van der Waals surface area contributed by atoms with Crippen LogP contribution in [-0.2, 0) is 4.79 Å². The van der Waals surface area contributed by atoms with Gasteiger partial charge in [0.1, 0.15) is 0 Å². The van der Waals surface area contributed by atoms with Crippen LogP contribution in [0, 0.1) is 0 Å². The molecule has 0 saturated carbocycles. The van der Waals surface area contributed by atoms with Crippen molar-refractivity contribution in [2.45, 2.75) is 12.8 Å². The fraction of sp³-hybridized carbons (Fsp3) is 0.167. The topological polar surface area (TPSA) is 53.5 Å². The molecule has 1 aromatic carbocycles. The summed E-state index contributed by atoms with van der Waals surface area (Å²) in [6.07, 6.45) is 5.80. The molecule has 1 aromatic rings. The van der Waals surface area contributed by atoms with Crippen molar-refractivity contribution in [2.75, 3.05) is 0 Å². The van der Waals surface area contributed by atoms with E-state index < -0.39 is 0 Å². The highest BCUT2D eigenvalue weighted by atomic mass is 79.9. The van der Waals surface area contributed by atoms with Crippen LogP contribution in [0.4, 0.5) is 0 Å². The van der Waals surface area contributed by atoms with Gasteiger partial charge in [0.05, 0.1) is 0 Å². The van der Waals surface area contributed by atoms with E-state index >= 15 is 0 Å². The fourth-order valence-electron chi connectivity index (χ4n) is 1.15. The molecule has 3 nitrogen and oxygen atoms in total. The van der Waals surface area contributed by atoms with Crippen molar-refractivity contribution in [1.82, 2.24) is 0 Å². The summed E-state index contributed by atoms with van der Waals surface area (Å²) in [6, 6.07) is 7.89. The van der Waals surface area contributed by atoms with E-state index in [4.69, 9.17) is 5.53 Å². The summed E-state index contributed by atoms with van der Waals surface area (Å²) < 4.78 is 1.04. The van der Waals surface area contributed by atoms with Gasteiger partial charge in [0.25, 0.3) is 0 Å². The van der Waals surface area contributed by atoms with Crippen molar-refractivity contribution in [3.8, 4) is 0 Å².